The molecule has 1 amide bonds. The van der Waals surface area contributed by atoms with Gasteiger partial charge in [0.05, 0.1) is 5.69 Å². The third-order valence-electron chi connectivity index (χ3n) is 5.37. The number of para-hydroxylation sites is 2. The van der Waals surface area contributed by atoms with E-state index < -0.39 is 11.4 Å². The molecule has 30 heavy (non-hydrogen) atoms. The lowest BCUT2D eigenvalue weighted by Gasteiger charge is -2.28. The van der Waals surface area contributed by atoms with Gasteiger partial charge < -0.3 is 4.74 Å². The van der Waals surface area contributed by atoms with Crippen molar-refractivity contribution in [2.75, 3.05) is 11.5 Å². The molecule has 0 radical (unpaired) electrons. The first-order valence-electron chi connectivity index (χ1n) is 9.74. The van der Waals surface area contributed by atoms with Crippen molar-refractivity contribution in [3.8, 4) is 0 Å². The number of ketones is 1. The Morgan fingerprint density at radius 3 is 2.13 bits per heavy atom. The van der Waals surface area contributed by atoms with Gasteiger partial charge in [-0.2, -0.15) is 0 Å². The van der Waals surface area contributed by atoms with Crippen LogP contribution in [-0.2, 0) is 19.7 Å². The summed E-state index contributed by atoms with van der Waals surface area (Å²) >= 11 is 0. The number of fused-ring (bicyclic) bond motifs is 1. The molecule has 1 aliphatic heterocycles. The van der Waals surface area contributed by atoms with E-state index >= 15 is 0 Å². The number of esters is 1. The Hall–Kier alpha value is -3.73. The van der Waals surface area contributed by atoms with Gasteiger partial charge in [0, 0.05) is 24.6 Å². The highest BCUT2D eigenvalue weighted by atomic mass is 16.5. The second kappa shape index (κ2) is 7.95. The zero-order valence-electron chi connectivity index (χ0n) is 16.6. The quantitative estimate of drug-likeness (QED) is 0.454. The smallest absolute Gasteiger partial charge is 0.302 e. The third kappa shape index (κ3) is 3.39. The topological polar surface area (TPSA) is 63.7 Å². The summed E-state index contributed by atoms with van der Waals surface area (Å²) in [5, 5.41) is 0. The van der Waals surface area contributed by atoms with Crippen molar-refractivity contribution >= 4 is 29.0 Å². The predicted molar refractivity (Wildman–Crippen MR) is 114 cm³/mol. The minimum Gasteiger partial charge on any atom is -0.464 e. The van der Waals surface area contributed by atoms with Crippen LogP contribution in [0.2, 0.25) is 0 Å². The molecule has 0 spiro atoms. The summed E-state index contributed by atoms with van der Waals surface area (Å²) in [5.41, 5.74) is 1.31. The summed E-state index contributed by atoms with van der Waals surface area (Å²) in [6.45, 7) is 1.10. The van der Waals surface area contributed by atoms with Crippen LogP contribution in [0.4, 0.5) is 11.4 Å². The van der Waals surface area contributed by atoms with Crippen LogP contribution in [0.5, 0.6) is 0 Å². The van der Waals surface area contributed by atoms with Gasteiger partial charge in [0.2, 0.25) is 5.91 Å². The molecule has 0 aliphatic carbocycles. The fraction of sp³-hybridized carbons (Fsp3) is 0.160. The summed E-state index contributed by atoms with van der Waals surface area (Å²) < 4.78 is 5.34. The van der Waals surface area contributed by atoms with Crippen LogP contribution in [0.1, 0.15) is 29.3 Å². The van der Waals surface area contributed by atoms with Crippen molar-refractivity contribution < 1.29 is 19.1 Å². The molecule has 4 rings (SSSR count). The zero-order valence-corrected chi connectivity index (χ0v) is 16.6. The van der Waals surface area contributed by atoms with Gasteiger partial charge in [0.1, 0.15) is 12.0 Å². The molecule has 0 bridgehead atoms. The first-order valence-corrected chi connectivity index (χ1v) is 9.74. The van der Waals surface area contributed by atoms with E-state index in [0.29, 0.717) is 22.5 Å². The van der Waals surface area contributed by atoms with Crippen LogP contribution in [0.25, 0.3) is 0 Å². The molecule has 150 valence electrons. The van der Waals surface area contributed by atoms with Crippen LogP contribution in [0.15, 0.2) is 84.9 Å². The maximum atomic E-state index is 13.8. The number of hydrogen-bond acceptors (Lipinski definition) is 4. The largest absolute Gasteiger partial charge is 0.464 e. The standard InChI is InChI=1S/C25H21NO4/c1-18(27)30-17-25(16-23(28)19-10-4-2-5-11-19)21-14-8-9-15-22(21)26(24(25)29)20-12-6-3-7-13-20/h2-15H,16-17H2,1H3. The molecule has 5 nitrogen and oxygen atoms in total. The maximum Gasteiger partial charge on any atom is 0.302 e. The molecule has 0 aromatic heterocycles. The Kier molecular flexibility index (Phi) is 5.19. The van der Waals surface area contributed by atoms with Crippen LogP contribution >= 0.6 is 0 Å². The molecular formula is C25H21NO4. The van der Waals surface area contributed by atoms with E-state index in [0.717, 1.165) is 0 Å². The summed E-state index contributed by atoms with van der Waals surface area (Å²) in [4.78, 5) is 40.2. The number of rotatable bonds is 6. The normalized spacial score (nSPS) is 17.5. The lowest BCUT2D eigenvalue weighted by molar-refractivity contribution is -0.144. The van der Waals surface area contributed by atoms with E-state index in [1.54, 1.807) is 29.2 Å². The second-order valence-electron chi connectivity index (χ2n) is 7.32. The van der Waals surface area contributed by atoms with Gasteiger partial charge in [-0.1, -0.05) is 66.7 Å². The fourth-order valence-electron chi connectivity index (χ4n) is 3.93. The van der Waals surface area contributed by atoms with E-state index in [2.05, 4.69) is 0 Å². The Morgan fingerprint density at radius 1 is 0.867 bits per heavy atom. The van der Waals surface area contributed by atoms with Crippen LogP contribution in [-0.4, -0.2) is 24.3 Å². The van der Waals surface area contributed by atoms with Gasteiger partial charge in [0.15, 0.2) is 5.78 Å². The highest BCUT2D eigenvalue weighted by molar-refractivity contribution is 6.15. The molecular weight excluding hydrogens is 378 g/mol. The third-order valence-corrected chi connectivity index (χ3v) is 5.37. The molecule has 0 fully saturated rings. The number of carbonyl (C=O) groups is 3. The SMILES string of the molecule is CC(=O)OCC1(CC(=O)c2ccccc2)C(=O)N(c2ccccc2)c2ccccc21. The predicted octanol–water partition coefficient (Wildman–Crippen LogP) is 4.44. The molecule has 5 heteroatoms. The summed E-state index contributed by atoms with van der Waals surface area (Å²) in [7, 11) is 0. The van der Waals surface area contributed by atoms with Crippen molar-refractivity contribution in [2.45, 2.75) is 18.8 Å². The molecule has 1 heterocycles. The maximum absolute atomic E-state index is 13.8. The van der Waals surface area contributed by atoms with E-state index in [4.69, 9.17) is 4.74 Å². The van der Waals surface area contributed by atoms with Crippen molar-refractivity contribution in [2.24, 2.45) is 0 Å². The van der Waals surface area contributed by atoms with E-state index in [-0.39, 0.29) is 24.7 Å². The van der Waals surface area contributed by atoms with E-state index in [9.17, 15) is 14.4 Å². The van der Waals surface area contributed by atoms with Crippen LogP contribution in [0, 0.1) is 0 Å². The summed E-state index contributed by atoms with van der Waals surface area (Å²) in [6, 6.07) is 25.5. The molecule has 1 aliphatic rings. The Bertz CT molecular complexity index is 1090. The number of ether oxygens (including phenoxy) is 1. The lowest BCUT2D eigenvalue weighted by atomic mass is 9.77. The molecule has 1 unspecified atom stereocenters. The molecule has 1 atom stereocenters. The number of benzene rings is 3. The van der Waals surface area contributed by atoms with E-state index in [1.807, 2.05) is 60.7 Å². The van der Waals surface area contributed by atoms with Gasteiger partial charge in [-0.15, -0.1) is 0 Å². The summed E-state index contributed by atoms with van der Waals surface area (Å²) in [5.74, 6) is -0.953. The van der Waals surface area contributed by atoms with Crippen molar-refractivity contribution in [1.29, 1.82) is 0 Å². The molecule has 3 aromatic carbocycles. The fourth-order valence-corrected chi connectivity index (χ4v) is 3.93. The average Bonchev–Trinajstić information content (AvgIpc) is 3.02. The van der Waals surface area contributed by atoms with Crippen molar-refractivity contribution in [3.05, 3.63) is 96.1 Å². The minimum absolute atomic E-state index is 0.0938. The number of carbonyl (C=O) groups excluding carboxylic acids is 3. The Balaban J connectivity index is 1.83. The Morgan fingerprint density at radius 2 is 1.47 bits per heavy atom. The van der Waals surface area contributed by atoms with Crippen molar-refractivity contribution in [1.82, 2.24) is 0 Å². The molecule has 3 aromatic rings. The number of anilines is 2. The first-order chi connectivity index (χ1) is 14.5. The summed E-state index contributed by atoms with van der Waals surface area (Å²) in [6.07, 6.45) is -0.0938. The molecule has 0 saturated heterocycles. The van der Waals surface area contributed by atoms with Crippen LogP contribution < -0.4 is 4.90 Å². The minimum atomic E-state index is -1.29. The molecule has 0 saturated carbocycles. The lowest BCUT2D eigenvalue weighted by Crippen LogP contribution is -2.44. The highest BCUT2D eigenvalue weighted by Gasteiger charge is 2.53. The number of nitrogens with zero attached hydrogens (tertiary/aromatic N) is 1. The monoisotopic (exact) mass is 399 g/mol. The second-order valence-corrected chi connectivity index (χ2v) is 7.32. The van der Waals surface area contributed by atoms with Crippen molar-refractivity contribution in [3.63, 3.8) is 0 Å². The van der Waals surface area contributed by atoms with Gasteiger partial charge in [-0.3, -0.25) is 19.3 Å². The zero-order chi connectivity index (χ0) is 21.1. The van der Waals surface area contributed by atoms with E-state index in [1.165, 1.54) is 6.92 Å². The number of hydrogen-bond donors (Lipinski definition) is 0. The number of Topliss-reactive ketones (excluding diaryl/α,β-unsaturated/α-hetero) is 1. The first kappa shape index (κ1) is 19.6. The molecule has 0 N–H and O–H groups in total. The number of amides is 1. The van der Waals surface area contributed by atoms with Crippen LogP contribution in [0.3, 0.4) is 0 Å². The van der Waals surface area contributed by atoms with Gasteiger partial charge >= 0.3 is 5.97 Å². The van der Waals surface area contributed by atoms with Gasteiger partial charge in [-0.25, -0.2) is 0 Å². The van der Waals surface area contributed by atoms with Gasteiger partial charge in [-0.05, 0) is 23.8 Å². The highest BCUT2D eigenvalue weighted by Crippen LogP contribution is 2.48. The average molecular weight is 399 g/mol. The van der Waals surface area contributed by atoms with Gasteiger partial charge in [0.25, 0.3) is 0 Å². The Labute approximate surface area is 174 Å².